The third-order valence-corrected chi connectivity index (χ3v) is 7.50. The van der Waals surface area contributed by atoms with Gasteiger partial charge in [0.15, 0.2) is 12.6 Å². The van der Waals surface area contributed by atoms with Crippen LogP contribution in [0.4, 0.5) is 0 Å². The second-order valence-corrected chi connectivity index (χ2v) is 10.5. The number of hydrogen-bond acceptors (Lipinski definition) is 16. The number of likely N-dealkylation sites (N-methyl/N-ethyl adjacent to an activating group) is 1. The van der Waals surface area contributed by atoms with Crippen LogP contribution in [0.25, 0.3) is 0 Å². The van der Waals surface area contributed by atoms with Crippen LogP contribution in [-0.4, -0.2) is 160 Å². The molecular weight excluding hydrogens is 526 g/mol. The van der Waals surface area contributed by atoms with Crippen molar-refractivity contribution < 1.29 is 59.5 Å². The van der Waals surface area contributed by atoms with Crippen molar-refractivity contribution in [2.24, 2.45) is 17.2 Å². The van der Waals surface area contributed by atoms with E-state index in [0.717, 1.165) is 0 Å². The van der Waals surface area contributed by atoms with Gasteiger partial charge in [-0.1, -0.05) is 0 Å². The number of amides is 1. The molecule has 0 radical (unpaired) electrons. The number of aliphatic hydroxyl groups excluding tert-OH is 6. The highest BCUT2D eigenvalue weighted by Crippen LogP contribution is 2.32. The van der Waals surface area contributed by atoms with E-state index in [4.69, 9.17) is 36.1 Å². The highest BCUT2D eigenvalue weighted by Gasteiger charge is 2.53. The molecule has 0 bridgehead atoms. The zero-order valence-electron chi connectivity index (χ0n) is 21.8. The Hall–Kier alpha value is -1.13. The van der Waals surface area contributed by atoms with Crippen LogP contribution in [0.15, 0.2) is 0 Å². The van der Waals surface area contributed by atoms with Crippen molar-refractivity contribution in [1.82, 2.24) is 10.6 Å². The monoisotopic (exact) mass is 569 g/mol. The molecule has 1 unspecified atom stereocenters. The first-order chi connectivity index (χ1) is 18.3. The molecule has 3 fully saturated rings. The highest BCUT2D eigenvalue weighted by molar-refractivity contribution is 5.81. The second kappa shape index (κ2) is 13.2. The van der Waals surface area contributed by atoms with Gasteiger partial charge in [0.1, 0.15) is 60.5 Å². The Kier molecular flexibility index (Phi) is 11.0. The van der Waals surface area contributed by atoms with E-state index in [2.05, 4.69) is 10.6 Å². The minimum atomic E-state index is -1.72. The third kappa shape index (κ3) is 6.85. The summed E-state index contributed by atoms with van der Waals surface area (Å²) in [6.07, 6.45) is -16.3. The molecular formula is C22H43N5O12. The molecule has 15 N–H and O–H groups in total. The molecule has 3 aliphatic rings. The Morgan fingerprint density at radius 1 is 1.03 bits per heavy atom. The van der Waals surface area contributed by atoms with Crippen molar-refractivity contribution in [3.05, 3.63) is 0 Å². The summed E-state index contributed by atoms with van der Waals surface area (Å²) in [4.78, 5) is 12.4. The van der Waals surface area contributed by atoms with Crippen molar-refractivity contribution in [3.8, 4) is 0 Å². The summed E-state index contributed by atoms with van der Waals surface area (Å²) in [5, 5.41) is 78.5. The number of nitrogens with two attached hydrogens (primary N) is 3. The lowest BCUT2D eigenvalue weighted by atomic mass is 9.83. The first-order valence-corrected chi connectivity index (χ1v) is 12.8. The summed E-state index contributed by atoms with van der Waals surface area (Å²) in [6, 6.07) is -2.92. The lowest BCUT2D eigenvalue weighted by Crippen LogP contribution is -2.70. The maximum atomic E-state index is 12.4. The van der Waals surface area contributed by atoms with E-state index in [9.17, 15) is 40.5 Å². The predicted octanol–water partition coefficient (Wildman–Crippen LogP) is -7.52. The first-order valence-electron chi connectivity index (χ1n) is 12.8. The lowest BCUT2D eigenvalue weighted by molar-refractivity contribution is -0.330. The smallest absolute Gasteiger partial charge is 0.250 e. The van der Waals surface area contributed by atoms with Gasteiger partial charge in [-0.15, -0.1) is 0 Å². The molecule has 17 nitrogen and oxygen atoms in total. The minimum absolute atomic E-state index is 0.0836. The molecule has 0 aromatic heterocycles. The van der Waals surface area contributed by atoms with E-state index in [0.29, 0.717) is 0 Å². The number of nitrogens with one attached hydrogen (secondary N) is 2. The summed E-state index contributed by atoms with van der Waals surface area (Å²) >= 11 is 0. The zero-order valence-corrected chi connectivity index (χ0v) is 21.8. The van der Waals surface area contributed by atoms with Crippen molar-refractivity contribution in [2.75, 3.05) is 26.7 Å². The summed E-state index contributed by atoms with van der Waals surface area (Å²) < 4.78 is 22.7. The molecule has 39 heavy (non-hydrogen) atoms. The molecule has 2 aliphatic heterocycles. The molecule has 1 amide bonds. The van der Waals surface area contributed by atoms with Gasteiger partial charge in [-0.3, -0.25) is 4.79 Å². The molecule has 3 rings (SSSR count). The van der Waals surface area contributed by atoms with E-state index in [1.165, 1.54) is 14.0 Å². The Morgan fingerprint density at radius 3 is 2.26 bits per heavy atom. The molecule has 15 atom stereocenters. The second-order valence-electron chi connectivity index (χ2n) is 10.5. The summed E-state index contributed by atoms with van der Waals surface area (Å²) in [7, 11) is 1.52. The number of carbonyl (C=O) groups is 1. The van der Waals surface area contributed by atoms with Gasteiger partial charge in [0.25, 0.3) is 0 Å². The third-order valence-electron chi connectivity index (χ3n) is 7.50. The molecule has 0 aromatic rings. The van der Waals surface area contributed by atoms with Gasteiger partial charge in [-0.2, -0.15) is 0 Å². The van der Waals surface area contributed by atoms with Crippen LogP contribution in [0, 0.1) is 0 Å². The van der Waals surface area contributed by atoms with Crippen molar-refractivity contribution in [1.29, 1.82) is 0 Å². The zero-order chi connectivity index (χ0) is 29.2. The van der Waals surface area contributed by atoms with Gasteiger partial charge in [0.05, 0.1) is 18.7 Å². The average Bonchev–Trinajstić information content (AvgIpc) is 2.89. The Labute approximate surface area is 225 Å². The minimum Gasteiger partial charge on any atom is -0.388 e. The Bertz CT molecular complexity index is 811. The van der Waals surface area contributed by atoms with Gasteiger partial charge in [-0.05, 0) is 20.4 Å². The maximum absolute atomic E-state index is 12.4. The number of carbonyl (C=O) groups excluding carboxylic acids is 1. The molecule has 228 valence electrons. The van der Waals surface area contributed by atoms with Crippen molar-refractivity contribution in [2.45, 2.75) is 105 Å². The SMILES string of the molecule is CN[C@@H]1[C@@H](O)[C@@H](O[C@@H]2[C@@H](O)[C@H](OC3O[C@H](CN)[C@@H](O)[C@H](O)[C@H]3O)[C@@H](N)C[C@H]2NC(=O)[C@@H](O)CN)OC[C@]1(C)O. The van der Waals surface area contributed by atoms with Crippen LogP contribution in [0.3, 0.4) is 0 Å². The standard InChI is InChI=1S/C22H43N5O12/c1-22(35)6-36-20(15(33)18(22)26-2)39-17-8(27-19(34)9(28)4-23)3-7(25)16(14(17)32)38-21-13(31)12(30)11(29)10(5-24)37-21/h7-18,20-21,26,28-33,35H,3-6,23-25H2,1-2H3,(H,27,34)/t7-,8+,9-,10+,11+,12-,13+,14-,15+,16+,17-,18+,20+,21?,22-/m0/s1. The van der Waals surface area contributed by atoms with E-state index in [1.54, 1.807) is 0 Å². The number of aliphatic hydroxyl groups is 7. The topological polar surface area (TPSA) is 298 Å². The maximum Gasteiger partial charge on any atom is 0.250 e. The predicted molar refractivity (Wildman–Crippen MR) is 130 cm³/mol. The van der Waals surface area contributed by atoms with Crippen LogP contribution < -0.4 is 27.8 Å². The number of hydrogen-bond donors (Lipinski definition) is 12. The molecule has 2 saturated heterocycles. The number of ether oxygens (including phenoxy) is 4. The molecule has 1 saturated carbocycles. The van der Waals surface area contributed by atoms with Gasteiger partial charge in [0, 0.05) is 19.1 Å². The van der Waals surface area contributed by atoms with Crippen molar-refractivity contribution >= 4 is 5.91 Å². The number of rotatable bonds is 9. The molecule has 1 aliphatic carbocycles. The van der Waals surface area contributed by atoms with Crippen LogP contribution >= 0.6 is 0 Å². The van der Waals surface area contributed by atoms with Gasteiger partial charge in [0.2, 0.25) is 5.91 Å². The van der Waals surface area contributed by atoms with Crippen molar-refractivity contribution in [3.63, 3.8) is 0 Å². The fourth-order valence-electron chi connectivity index (χ4n) is 5.22. The fraction of sp³-hybridized carbons (Fsp3) is 0.955. The molecule has 0 spiro atoms. The van der Waals surface area contributed by atoms with Crippen LogP contribution in [0.5, 0.6) is 0 Å². The average molecular weight is 570 g/mol. The Balaban J connectivity index is 1.84. The molecule has 0 aromatic carbocycles. The largest absolute Gasteiger partial charge is 0.388 e. The first kappa shape index (κ1) is 32.4. The van der Waals surface area contributed by atoms with Gasteiger partial charge in [-0.25, -0.2) is 0 Å². The van der Waals surface area contributed by atoms with E-state index < -0.39 is 97.1 Å². The highest BCUT2D eigenvalue weighted by atomic mass is 16.7. The van der Waals surface area contributed by atoms with Crippen LogP contribution in [0.2, 0.25) is 0 Å². The van der Waals surface area contributed by atoms with Gasteiger partial charge < -0.3 is 82.5 Å². The van der Waals surface area contributed by atoms with E-state index in [-0.39, 0.29) is 26.1 Å². The normalized spacial score (nSPS) is 47.9. The Morgan fingerprint density at radius 2 is 1.67 bits per heavy atom. The van der Waals surface area contributed by atoms with Crippen LogP contribution in [0.1, 0.15) is 13.3 Å². The summed E-state index contributed by atoms with van der Waals surface area (Å²) in [6.45, 7) is 0.634. The quantitative estimate of drug-likeness (QED) is 0.123. The lowest BCUT2D eigenvalue weighted by Gasteiger charge is -2.49. The van der Waals surface area contributed by atoms with E-state index in [1.807, 2.05) is 0 Å². The van der Waals surface area contributed by atoms with Crippen LogP contribution in [-0.2, 0) is 23.7 Å². The summed E-state index contributed by atoms with van der Waals surface area (Å²) in [5.41, 5.74) is 15.8. The molecule has 17 heteroatoms. The van der Waals surface area contributed by atoms with E-state index >= 15 is 0 Å². The van der Waals surface area contributed by atoms with Gasteiger partial charge >= 0.3 is 0 Å². The molecule has 2 heterocycles. The summed E-state index contributed by atoms with van der Waals surface area (Å²) in [5.74, 6) is -0.857. The fourth-order valence-corrected chi connectivity index (χ4v) is 5.22.